The first-order chi connectivity index (χ1) is 8.65. The number of nitrogens with zero attached hydrogens (tertiary/aromatic N) is 1. The van der Waals surface area contributed by atoms with Crippen LogP contribution in [0.2, 0.25) is 5.02 Å². The second kappa shape index (κ2) is 4.48. The molecule has 0 bridgehead atoms. The van der Waals surface area contributed by atoms with Gasteiger partial charge in [-0.25, -0.2) is 0 Å². The largest absolute Gasteiger partial charge is 0.398 e. The summed E-state index contributed by atoms with van der Waals surface area (Å²) in [5.74, 6) is 0. The van der Waals surface area contributed by atoms with Crippen molar-refractivity contribution in [3.63, 3.8) is 0 Å². The lowest BCUT2D eigenvalue weighted by molar-refractivity contribution is 0.881. The molecular formula is C14H12BrClN2. The number of nitrogen functional groups attached to an aromatic ring is 1. The highest BCUT2D eigenvalue weighted by molar-refractivity contribution is 9.10. The predicted molar refractivity (Wildman–Crippen MR) is 79.9 cm³/mol. The Hall–Kier alpha value is -1.19. The van der Waals surface area contributed by atoms with Crippen LogP contribution < -0.4 is 10.6 Å². The highest BCUT2D eigenvalue weighted by atomic mass is 79.9. The Balaban J connectivity index is 1.94. The lowest BCUT2D eigenvalue weighted by Crippen LogP contribution is -2.14. The molecular weight excluding hydrogens is 312 g/mol. The van der Waals surface area contributed by atoms with E-state index >= 15 is 0 Å². The van der Waals surface area contributed by atoms with Crippen LogP contribution in [0.25, 0.3) is 0 Å². The Morgan fingerprint density at radius 2 is 2.00 bits per heavy atom. The first-order valence-electron chi connectivity index (χ1n) is 5.71. The lowest BCUT2D eigenvalue weighted by atomic mass is 10.1. The fourth-order valence-corrected chi connectivity index (χ4v) is 2.73. The van der Waals surface area contributed by atoms with Crippen LogP contribution in [-0.4, -0.2) is 0 Å². The zero-order chi connectivity index (χ0) is 12.7. The Kier molecular flexibility index (Phi) is 2.96. The Labute approximate surface area is 119 Å². The highest BCUT2D eigenvalue weighted by Gasteiger charge is 2.21. The molecule has 0 radical (unpaired) electrons. The van der Waals surface area contributed by atoms with Crippen LogP contribution in [0.15, 0.2) is 40.9 Å². The average Bonchev–Trinajstić information content (AvgIpc) is 2.78. The van der Waals surface area contributed by atoms with Crippen molar-refractivity contribution in [3.8, 4) is 0 Å². The molecule has 0 aromatic heterocycles. The molecule has 2 N–H and O–H groups in total. The fraction of sp³-hybridized carbons (Fsp3) is 0.143. The number of halogens is 2. The van der Waals surface area contributed by atoms with Crippen LogP contribution in [0, 0.1) is 0 Å². The molecule has 0 unspecified atom stereocenters. The first-order valence-corrected chi connectivity index (χ1v) is 6.88. The van der Waals surface area contributed by atoms with E-state index in [2.05, 4.69) is 33.0 Å². The third kappa shape index (κ3) is 1.98. The molecule has 0 aliphatic carbocycles. The van der Waals surface area contributed by atoms with Crippen molar-refractivity contribution in [2.24, 2.45) is 0 Å². The van der Waals surface area contributed by atoms with Crippen LogP contribution in [0.5, 0.6) is 0 Å². The van der Waals surface area contributed by atoms with Crippen molar-refractivity contribution in [1.29, 1.82) is 0 Å². The third-order valence-electron chi connectivity index (χ3n) is 3.29. The maximum Gasteiger partial charge on any atom is 0.0568 e. The summed E-state index contributed by atoms with van der Waals surface area (Å²) < 4.78 is 0.921. The average molecular weight is 324 g/mol. The minimum absolute atomic E-state index is 0.733. The number of nitrogens with two attached hydrogens (primary N) is 1. The number of hydrogen-bond donors (Lipinski definition) is 1. The molecule has 4 heteroatoms. The van der Waals surface area contributed by atoms with E-state index in [1.807, 2.05) is 24.3 Å². The van der Waals surface area contributed by atoms with Crippen molar-refractivity contribution in [1.82, 2.24) is 0 Å². The van der Waals surface area contributed by atoms with Gasteiger partial charge in [-0.3, -0.25) is 0 Å². The number of hydrogen-bond acceptors (Lipinski definition) is 2. The fourth-order valence-electron chi connectivity index (χ4n) is 2.31. The summed E-state index contributed by atoms with van der Waals surface area (Å²) >= 11 is 9.54. The molecule has 2 aromatic carbocycles. The zero-order valence-corrected chi connectivity index (χ0v) is 12.0. The van der Waals surface area contributed by atoms with Gasteiger partial charge >= 0.3 is 0 Å². The molecule has 0 fully saturated rings. The van der Waals surface area contributed by atoms with Crippen LogP contribution in [-0.2, 0) is 13.1 Å². The monoisotopic (exact) mass is 322 g/mol. The summed E-state index contributed by atoms with van der Waals surface area (Å²) in [6, 6.07) is 12.1. The second-order valence-electron chi connectivity index (χ2n) is 4.44. The smallest absolute Gasteiger partial charge is 0.0568 e. The van der Waals surface area contributed by atoms with Gasteiger partial charge in [0.15, 0.2) is 0 Å². The van der Waals surface area contributed by atoms with Gasteiger partial charge in [0.05, 0.1) is 5.02 Å². The van der Waals surface area contributed by atoms with Crippen molar-refractivity contribution < 1.29 is 0 Å². The van der Waals surface area contributed by atoms with Crippen molar-refractivity contribution in [2.75, 3.05) is 10.6 Å². The summed E-state index contributed by atoms with van der Waals surface area (Å²) in [5, 5.41) is 0.733. The first kappa shape index (κ1) is 11.9. The van der Waals surface area contributed by atoms with E-state index in [0.717, 1.165) is 34.0 Å². The van der Waals surface area contributed by atoms with E-state index in [-0.39, 0.29) is 0 Å². The van der Waals surface area contributed by atoms with Crippen LogP contribution in [0.3, 0.4) is 0 Å². The molecule has 0 spiro atoms. The maximum absolute atomic E-state index is 6.14. The SMILES string of the molecule is Nc1cccc2c1CN(c1ccc(Br)c(Cl)c1)C2. The molecule has 2 aromatic rings. The van der Waals surface area contributed by atoms with E-state index < -0.39 is 0 Å². The van der Waals surface area contributed by atoms with Crippen LogP contribution >= 0.6 is 27.5 Å². The zero-order valence-electron chi connectivity index (χ0n) is 9.66. The molecule has 0 amide bonds. The van der Waals surface area contributed by atoms with Gasteiger partial charge in [-0.15, -0.1) is 0 Å². The van der Waals surface area contributed by atoms with E-state index in [4.69, 9.17) is 17.3 Å². The molecule has 0 saturated carbocycles. The van der Waals surface area contributed by atoms with Gasteiger partial charge in [0, 0.05) is 28.9 Å². The highest BCUT2D eigenvalue weighted by Crippen LogP contribution is 2.34. The van der Waals surface area contributed by atoms with E-state index in [0.29, 0.717) is 0 Å². The molecule has 1 aliphatic rings. The molecule has 2 nitrogen and oxygen atoms in total. The molecule has 1 aliphatic heterocycles. The molecule has 0 saturated heterocycles. The molecule has 3 rings (SSSR count). The standard InChI is InChI=1S/C14H12BrClN2/c15-12-5-4-10(6-13(12)16)18-7-9-2-1-3-14(17)11(9)8-18/h1-6H,7-8,17H2. The van der Waals surface area contributed by atoms with E-state index in [1.165, 1.54) is 11.1 Å². The Morgan fingerprint density at radius 3 is 2.72 bits per heavy atom. The van der Waals surface area contributed by atoms with Crippen LogP contribution in [0.1, 0.15) is 11.1 Å². The van der Waals surface area contributed by atoms with Gasteiger partial charge in [-0.05, 0) is 51.3 Å². The summed E-state index contributed by atoms with van der Waals surface area (Å²) in [7, 11) is 0. The second-order valence-corrected chi connectivity index (χ2v) is 5.70. The summed E-state index contributed by atoms with van der Waals surface area (Å²) in [4.78, 5) is 2.28. The normalized spacial score (nSPS) is 13.8. The predicted octanol–water partition coefficient (Wildman–Crippen LogP) is 4.20. The van der Waals surface area contributed by atoms with E-state index in [1.54, 1.807) is 0 Å². The quantitative estimate of drug-likeness (QED) is 0.797. The van der Waals surface area contributed by atoms with Crippen molar-refractivity contribution >= 4 is 38.9 Å². The van der Waals surface area contributed by atoms with Gasteiger partial charge in [0.2, 0.25) is 0 Å². The topological polar surface area (TPSA) is 29.3 Å². The summed E-state index contributed by atoms with van der Waals surface area (Å²) in [5.41, 5.74) is 10.5. The van der Waals surface area contributed by atoms with Crippen molar-refractivity contribution in [2.45, 2.75) is 13.1 Å². The molecule has 92 valence electrons. The molecule has 1 heterocycles. The number of anilines is 2. The Bertz CT molecular complexity index is 613. The number of rotatable bonds is 1. The van der Waals surface area contributed by atoms with Gasteiger partial charge in [0.25, 0.3) is 0 Å². The minimum atomic E-state index is 0.733. The summed E-state index contributed by atoms with van der Waals surface area (Å²) in [6.45, 7) is 1.73. The summed E-state index contributed by atoms with van der Waals surface area (Å²) in [6.07, 6.45) is 0. The van der Waals surface area contributed by atoms with Gasteiger partial charge < -0.3 is 10.6 Å². The number of benzene rings is 2. The third-order valence-corrected chi connectivity index (χ3v) is 4.52. The van der Waals surface area contributed by atoms with Gasteiger partial charge in [0.1, 0.15) is 0 Å². The lowest BCUT2D eigenvalue weighted by Gasteiger charge is -2.18. The molecule has 18 heavy (non-hydrogen) atoms. The van der Waals surface area contributed by atoms with E-state index in [9.17, 15) is 0 Å². The number of fused-ring (bicyclic) bond motifs is 1. The van der Waals surface area contributed by atoms with Crippen molar-refractivity contribution in [3.05, 3.63) is 57.0 Å². The minimum Gasteiger partial charge on any atom is -0.398 e. The Morgan fingerprint density at radius 1 is 1.17 bits per heavy atom. The van der Waals surface area contributed by atoms with Gasteiger partial charge in [-0.1, -0.05) is 23.7 Å². The maximum atomic E-state index is 6.14. The van der Waals surface area contributed by atoms with Crippen LogP contribution in [0.4, 0.5) is 11.4 Å². The van der Waals surface area contributed by atoms with Gasteiger partial charge in [-0.2, -0.15) is 0 Å². The molecule has 0 atom stereocenters.